The molecule has 0 aromatic carbocycles. The maximum atomic E-state index is 5.41. The first kappa shape index (κ1) is 10.1. The Hall–Kier alpha value is -0.990. The zero-order valence-electron chi connectivity index (χ0n) is 6.73. The van der Waals surface area contributed by atoms with Crippen LogP contribution in [-0.2, 0) is 0 Å². The highest BCUT2D eigenvalue weighted by molar-refractivity contribution is 7.80. The highest BCUT2D eigenvalue weighted by Gasteiger charge is 2.22. The molecule has 0 bridgehead atoms. The Morgan fingerprint density at radius 2 is 2.23 bits per heavy atom. The monoisotopic (exact) mass is 218 g/mol. The number of hydrogen-bond donors (Lipinski definition) is 4. The van der Waals surface area contributed by atoms with Crippen LogP contribution in [0.2, 0.25) is 0 Å². The summed E-state index contributed by atoms with van der Waals surface area (Å²) in [6.45, 7) is 0. The fourth-order valence-electron chi connectivity index (χ4n) is 0.900. The molecule has 0 aromatic heterocycles. The third-order valence-electron chi connectivity index (χ3n) is 1.42. The largest absolute Gasteiger partial charge is 0.375 e. The molecular weight excluding hydrogens is 208 g/mol. The van der Waals surface area contributed by atoms with Crippen molar-refractivity contribution in [2.45, 2.75) is 12.6 Å². The number of rotatable bonds is 2. The van der Waals surface area contributed by atoms with E-state index in [4.69, 9.17) is 23.7 Å². The summed E-state index contributed by atoms with van der Waals surface area (Å²) in [5.74, 6) is 0. The third kappa shape index (κ3) is 2.76. The molecule has 1 aliphatic rings. The maximum Gasteiger partial charge on any atom is 0.188 e. The van der Waals surface area contributed by atoms with Gasteiger partial charge in [0.1, 0.15) is 6.17 Å². The lowest BCUT2D eigenvalue weighted by Crippen LogP contribution is -2.53. The molecule has 1 unspecified atom stereocenters. The van der Waals surface area contributed by atoms with E-state index in [-0.39, 0.29) is 16.4 Å². The molecule has 8 heteroatoms. The van der Waals surface area contributed by atoms with Crippen LogP contribution in [0.5, 0.6) is 0 Å². The molecule has 0 aromatic rings. The lowest BCUT2D eigenvalue weighted by Gasteiger charge is -2.22. The van der Waals surface area contributed by atoms with E-state index in [0.717, 1.165) is 0 Å². The number of nitrogens with two attached hydrogens (primary N) is 2. The highest BCUT2D eigenvalue weighted by atomic mass is 32.1. The number of hydrogen-bond acceptors (Lipinski definition) is 4. The molecule has 0 saturated heterocycles. The molecule has 1 rings (SSSR count). The predicted molar refractivity (Wildman–Crippen MR) is 58.6 cm³/mol. The average Bonchev–Trinajstić information content (AvgIpc) is 2.47. The first-order chi connectivity index (χ1) is 6.11. The minimum atomic E-state index is -0.126. The molecule has 6 nitrogen and oxygen atoms in total. The Balaban J connectivity index is 2.42. The van der Waals surface area contributed by atoms with Gasteiger partial charge in [-0.1, -0.05) is 0 Å². The van der Waals surface area contributed by atoms with Crippen molar-refractivity contribution < 1.29 is 0 Å². The number of hydrazone groups is 1. The molecular formula is C5H10N6S2. The van der Waals surface area contributed by atoms with Gasteiger partial charge in [-0.3, -0.25) is 5.43 Å². The zero-order valence-corrected chi connectivity index (χ0v) is 8.36. The fraction of sp³-hybridized carbons (Fsp3) is 0.400. The Bertz CT molecular complexity index is 251. The maximum absolute atomic E-state index is 5.41. The Morgan fingerprint density at radius 3 is 2.77 bits per heavy atom. The van der Waals surface area contributed by atoms with Crippen molar-refractivity contribution in [3.63, 3.8) is 0 Å². The molecule has 1 atom stereocenters. The fourth-order valence-corrected chi connectivity index (χ4v) is 1.13. The summed E-state index contributed by atoms with van der Waals surface area (Å²) < 4.78 is 0. The lowest BCUT2D eigenvalue weighted by molar-refractivity contribution is 0.294. The zero-order chi connectivity index (χ0) is 9.84. The molecule has 72 valence electrons. The smallest absolute Gasteiger partial charge is 0.188 e. The normalized spacial score (nSPS) is 20.3. The van der Waals surface area contributed by atoms with Gasteiger partial charge in [0, 0.05) is 12.6 Å². The molecule has 13 heavy (non-hydrogen) atoms. The Kier molecular flexibility index (Phi) is 3.34. The van der Waals surface area contributed by atoms with Crippen LogP contribution >= 0.6 is 24.4 Å². The van der Waals surface area contributed by atoms with Crippen molar-refractivity contribution in [2.75, 3.05) is 0 Å². The first-order valence-corrected chi connectivity index (χ1v) is 4.35. The summed E-state index contributed by atoms with van der Waals surface area (Å²) in [6, 6.07) is 0. The average molecular weight is 218 g/mol. The van der Waals surface area contributed by atoms with Crippen LogP contribution in [-0.4, -0.2) is 27.6 Å². The van der Waals surface area contributed by atoms with Crippen molar-refractivity contribution in [1.29, 1.82) is 0 Å². The van der Waals surface area contributed by atoms with Gasteiger partial charge in [0.05, 0.1) is 0 Å². The quantitative estimate of drug-likeness (QED) is 0.334. The summed E-state index contributed by atoms with van der Waals surface area (Å²) in [4.78, 5) is 0. The minimum Gasteiger partial charge on any atom is -0.375 e. The minimum absolute atomic E-state index is 0.126. The topological polar surface area (TPSA) is 91.7 Å². The lowest BCUT2D eigenvalue weighted by atomic mass is 10.4. The number of nitrogens with zero attached hydrogens (tertiary/aromatic N) is 2. The number of thiocarbonyl (C=S) groups is 2. The SMILES string of the molecule is NC(=S)NNC1CC=NN1C(N)=S. The van der Waals surface area contributed by atoms with Crippen molar-refractivity contribution in [3.05, 3.63) is 0 Å². The van der Waals surface area contributed by atoms with Gasteiger partial charge in [0.2, 0.25) is 0 Å². The van der Waals surface area contributed by atoms with E-state index in [2.05, 4.69) is 28.2 Å². The van der Waals surface area contributed by atoms with E-state index in [1.807, 2.05) is 0 Å². The molecule has 6 N–H and O–H groups in total. The first-order valence-electron chi connectivity index (χ1n) is 3.53. The summed E-state index contributed by atoms with van der Waals surface area (Å²) in [7, 11) is 0. The van der Waals surface area contributed by atoms with E-state index in [0.29, 0.717) is 6.42 Å². The van der Waals surface area contributed by atoms with E-state index in [1.54, 1.807) is 6.21 Å². The Labute approximate surface area is 86.3 Å². The van der Waals surface area contributed by atoms with Crippen LogP contribution < -0.4 is 22.3 Å². The molecule has 1 aliphatic heterocycles. The van der Waals surface area contributed by atoms with Gasteiger partial charge in [-0.15, -0.1) is 0 Å². The van der Waals surface area contributed by atoms with Crippen LogP contribution in [0, 0.1) is 0 Å². The van der Waals surface area contributed by atoms with Gasteiger partial charge in [-0.2, -0.15) is 5.10 Å². The van der Waals surface area contributed by atoms with Gasteiger partial charge in [-0.25, -0.2) is 10.4 Å². The molecule has 0 radical (unpaired) electrons. The second-order valence-electron chi connectivity index (χ2n) is 2.37. The van der Waals surface area contributed by atoms with Crippen molar-refractivity contribution >= 4 is 40.9 Å². The molecule has 0 fully saturated rings. The summed E-state index contributed by atoms with van der Waals surface area (Å²) in [5.41, 5.74) is 16.1. The van der Waals surface area contributed by atoms with E-state index < -0.39 is 0 Å². The van der Waals surface area contributed by atoms with Crippen LogP contribution in [0.4, 0.5) is 0 Å². The van der Waals surface area contributed by atoms with E-state index in [9.17, 15) is 0 Å². The molecule has 0 aliphatic carbocycles. The van der Waals surface area contributed by atoms with Crippen molar-refractivity contribution in [2.24, 2.45) is 16.6 Å². The molecule has 0 spiro atoms. The second kappa shape index (κ2) is 4.30. The second-order valence-corrected chi connectivity index (χ2v) is 3.22. The van der Waals surface area contributed by atoms with Gasteiger partial charge >= 0.3 is 0 Å². The van der Waals surface area contributed by atoms with Gasteiger partial charge in [-0.05, 0) is 24.4 Å². The van der Waals surface area contributed by atoms with Crippen LogP contribution in [0.1, 0.15) is 6.42 Å². The van der Waals surface area contributed by atoms with Crippen molar-refractivity contribution in [1.82, 2.24) is 15.9 Å². The third-order valence-corrected chi connectivity index (χ3v) is 1.71. The Morgan fingerprint density at radius 1 is 1.54 bits per heavy atom. The molecule has 0 saturated carbocycles. The van der Waals surface area contributed by atoms with E-state index in [1.165, 1.54) is 5.01 Å². The van der Waals surface area contributed by atoms with Gasteiger partial charge in [0.25, 0.3) is 0 Å². The van der Waals surface area contributed by atoms with E-state index >= 15 is 0 Å². The number of nitrogens with one attached hydrogen (secondary N) is 2. The van der Waals surface area contributed by atoms with Crippen molar-refractivity contribution in [3.8, 4) is 0 Å². The summed E-state index contributed by atoms with van der Waals surface area (Å²) in [5, 5.41) is 5.79. The van der Waals surface area contributed by atoms with Crippen LogP contribution in [0.15, 0.2) is 5.10 Å². The summed E-state index contributed by atoms with van der Waals surface area (Å²) in [6.07, 6.45) is 2.27. The van der Waals surface area contributed by atoms with Gasteiger partial charge < -0.3 is 11.5 Å². The molecule has 0 amide bonds. The van der Waals surface area contributed by atoms with Crippen LogP contribution in [0.25, 0.3) is 0 Å². The highest BCUT2D eigenvalue weighted by Crippen LogP contribution is 2.06. The predicted octanol–water partition coefficient (Wildman–Crippen LogP) is -1.41. The summed E-state index contributed by atoms with van der Waals surface area (Å²) >= 11 is 9.39. The van der Waals surface area contributed by atoms with Crippen LogP contribution in [0.3, 0.4) is 0 Å². The number of hydrazine groups is 1. The molecule has 1 heterocycles. The van der Waals surface area contributed by atoms with Gasteiger partial charge in [0.15, 0.2) is 10.2 Å². The standard InChI is InChI=1S/C5H10N6S2/c6-4(12)10-9-3-1-2-8-11(3)5(7)13/h2-3,9H,1H2,(H2,7,13)(H3,6,10,12).